The Balaban J connectivity index is 0.000000205. The highest BCUT2D eigenvalue weighted by atomic mass is 32.2. The molecule has 0 bridgehead atoms. The van der Waals surface area contributed by atoms with E-state index < -0.39 is 6.03 Å². The number of aliphatic imine (C=N–C) groups is 1. The molecule has 0 fully saturated rings. The summed E-state index contributed by atoms with van der Waals surface area (Å²) >= 11 is 4.53. The molecular formula is C26H34N6O2S3. The van der Waals surface area contributed by atoms with Crippen LogP contribution in [-0.4, -0.2) is 39.3 Å². The van der Waals surface area contributed by atoms with Crippen molar-refractivity contribution in [1.82, 2.24) is 9.71 Å². The van der Waals surface area contributed by atoms with Gasteiger partial charge in [-0.3, -0.25) is 9.71 Å². The first kappa shape index (κ1) is 30.1. The lowest BCUT2D eigenvalue weighted by Crippen LogP contribution is -2.23. The number of hydrogen-bond acceptors (Lipinski definition) is 9. The molecule has 4 rings (SSSR count). The molecule has 0 aliphatic carbocycles. The van der Waals surface area contributed by atoms with E-state index in [1.807, 2.05) is 36.2 Å². The molecule has 2 heterocycles. The highest BCUT2D eigenvalue weighted by Crippen LogP contribution is 2.28. The highest BCUT2D eigenvalue weighted by Gasteiger charge is 2.08. The maximum absolute atomic E-state index is 9.93. The molecule has 1 aromatic heterocycles. The Labute approximate surface area is 231 Å². The van der Waals surface area contributed by atoms with E-state index in [4.69, 9.17) is 5.73 Å². The molecule has 37 heavy (non-hydrogen) atoms. The number of anilines is 3. The number of aromatic nitrogens is 1. The molecule has 2 aromatic carbocycles. The van der Waals surface area contributed by atoms with E-state index in [-0.39, 0.29) is 5.75 Å². The van der Waals surface area contributed by atoms with Crippen molar-refractivity contribution < 1.29 is 9.90 Å². The molecule has 0 radical (unpaired) electrons. The summed E-state index contributed by atoms with van der Waals surface area (Å²) < 4.78 is 2.33. The first-order valence-corrected chi connectivity index (χ1v) is 14.4. The number of aromatic hydroxyl groups is 1. The van der Waals surface area contributed by atoms with Gasteiger partial charge in [-0.05, 0) is 68.0 Å². The predicted octanol–water partition coefficient (Wildman–Crippen LogP) is 6.60. The van der Waals surface area contributed by atoms with Gasteiger partial charge in [-0.2, -0.15) is 0 Å². The summed E-state index contributed by atoms with van der Waals surface area (Å²) in [5.74, 6) is 2.11. The summed E-state index contributed by atoms with van der Waals surface area (Å²) in [4.78, 5) is 18.5. The third-order valence-electron chi connectivity index (χ3n) is 4.71. The molecule has 2 amide bonds. The third kappa shape index (κ3) is 11.6. The highest BCUT2D eigenvalue weighted by molar-refractivity contribution is 8.14. The van der Waals surface area contributed by atoms with Gasteiger partial charge in [-0.1, -0.05) is 42.1 Å². The van der Waals surface area contributed by atoms with Gasteiger partial charge in [0.25, 0.3) is 0 Å². The topological polar surface area (TPSA) is 125 Å². The Morgan fingerprint density at radius 3 is 2.54 bits per heavy atom. The lowest BCUT2D eigenvalue weighted by atomic mass is 10.1. The fraction of sp³-hybridized carbons (Fsp3) is 0.269. The van der Waals surface area contributed by atoms with Gasteiger partial charge < -0.3 is 21.5 Å². The monoisotopic (exact) mass is 558 g/mol. The minimum atomic E-state index is -0.517. The number of rotatable bonds is 6. The van der Waals surface area contributed by atoms with Crippen LogP contribution in [0.25, 0.3) is 0 Å². The van der Waals surface area contributed by atoms with Crippen LogP contribution < -0.4 is 21.1 Å². The number of carbonyl (C=O) groups excluding carboxylic acids is 1. The van der Waals surface area contributed by atoms with Crippen LogP contribution in [0.5, 0.6) is 5.75 Å². The number of nitrogens with zero attached hydrogens (tertiary/aromatic N) is 2. The first-order chi connectivity index (χ1) is 17.8. The zero-order chi connectivity index (χ0) is 27.0. The zero-order valence-corrected chi connectivity index (χ0v) is 23.7. The van der Waals surface area contributed by atoms with E-state index in [1.165, 1.54) is 52.3 Å². The number of hydrogen-bond donors (Lipinski definition) is 5. The van der Waals surface area contributed by atoms with E-state index in [2.05, 4.69) is 64.0 Å². The molecule has 0 saturated carbocycles. The molecule has 0 atom stereocenters. The van der Waals surface area contributed by atoms with E-state index >= 15 is 0 Å². The van der Waals surface area contributed by atoms with E-state index in [9.17, 15) is 9.90 Å². The average molecular weight is 559 g/mol. The molecule has 11 heteroatoms. The number of nitrogens with one attached hydrogen (secondary N) is 3. The van der Waals surface area contributed by atoms with Crippen LogP contribution in [0.1, 0.15) is 23.1 Å². The van der Waals surface area contributed by atoms with Crippen LogP contribution in [-0.2, 0) is 0 Å². The second-order valence-corrected chi connectivity index (χ2v) is 10.6. The molecule has 1 aliphatic rings. The summed E-state index contributed by atoms with van der Waals surface area (Å²) in [6, 6.07) is 11.3. The van der Waals surface area contributed by atoms with E-state index in [0.717, 1.165) is 22.4 Å². The fourth-order valence-electron chi connectivity index (χ4n) is 2.97. The van der Waals surface area contributed by atoms with Crippen LogP contribution >= 0.6 is 35.0 Å². The predicted molar refractivity (Wildman–Crippen MR) is 163 cm³/mol. The lowest BCUT2D eigenvalue weighted by Gasteiger charge is -2.16. The van der Waals surface area contributed by atoms with Crippen molar-refractivity contribution >= 4 is 62.8 Å². The summed E-state index contributed by atoms with van der Waals surface area (Å²) in [6.07, 6.45) is 4.60. The van der Waals surface area contributed by atoms with Crippen LogP contribution in [0.2, 0.25) is 0 Å². The summed E-state index contributed by atoms with van der Waals surface area (Å²) in [7, 11) is 0. The number of amidine groups is 1. The summed E-state index contributed by atoms with van der Waals surface area (Å²) in [5, 5.41) is 19.8. The normalized spacial score (nSPS) is 12.0. The number of aryl methyl sites for hydroxylation is 3. The Morgan fingerprint density at radius 2 is 1.97 bits per heavy atom. The number of benzene rings is 2. The quantitative estimate of drug-likeness (QED) is 0.0999. The molecule has 0 saturated heterocycles. The van der Waals surface area contributed by atoms with Gasteiger partial charge in [0.2, 0.25) is 0 Å². The first-order valence-electron chi connectivity index (χ1n) is 11.5. The zero-order valence-electron chi connectivity index (χ0n) is 21.3. The smallest absolute Gasteiger partial charge is 0.322 e. The number of amides is 2. The maximum atomic E-state index is 9.93. The van der Waals surface area contributed by atoms with Gasteiger partial charge in [0.05, 0.1) is 5.69 Å². The van der Waals surface area contributed by atoms with Crippen molar-refractivity contribution in [2.24, 2.45) is 10.7 Å². The van der Waals surface area contributed by atoms with Crippen molar-refractivity contribution in [2.45, 2.75) is 27.2 Å². The van der Waals surface area contributed by atoms with E-state index in [0.29, 0.717) is 11.4 Å². The van der Waals surface area contributed by atoms with Crippen molar-refractivity contribution in [2.75, 3.05) is 28.7 Å². The molecule has 198 valence electrons. The molecule has 0 unspecified atom stereocenters. The number of phenols is 1. The molecule has 8 nitrogen and oxygen atoms in total. The van der Waals surface area contributed by atoms with Gasteiger partial charge in [0.15, 0.2) is 10.3 Å². The number of urea groups is 1. The van der Waals surface area contributed by atoms with Crippen LogP contribution in [0.3, 0.4) is 0 Å². The van der Waals surface area contributed by atoms with Crippen LogP contribution in [0.4, 0.5) is 21.3 Å². The number of thiazole rings is 1. The minimum absolute atomic E-state index is 0.250. The second-order valence-electron chi connectivity index (χ2n) is 7.83. The van der Waals surface area contributed by atoms with Crippen molar-refractivity contribution in [3.05, 3.63) is 77.3 Å². The van der Waals surface area contributed by atoms with Crippen LogP contribution in [0, 0.1) is 20.8 Å². The average Bonchev–Trinajstić information content (AvgIpc) is 3.38. The third-order valence-corrected chi connectivity index (χ3v) is 7.14. The minimum Gasteiger partial charge on any atom is -0.506 e. The largest absolute Gasteiger partial charge is 0.506 e. The van der Waals surface area contributed by atoms with Gasteiger partial charge in [0, 0.05) is 35.3 Å². The summed E-state index contributed by atoms with van der Waals surface area (Å²) in [6.45, 7) is 10.6. The van der Waals surface area contributed by atoms with Crippen molar-refractivity contribution in [1.29, 1.82) is 0 Å². The molecule has 0 spiro atoms. The summed E-state index contributed by atoms with van der Waals surface area (Å²) in [5.41, 5.74) is 10.2. The maximum Gasteiger partial charge on any atom is 0.322 e. The van der Waals surface area contributed by atoms with Gasteiger partial charge in [-0.15, -0.1) is 17.9 Å². The number of para-hydroxylation sites is 1. The second kappa shape index (κ2) is 16.6. The van der Waals surface area contributed by atoms with Crippen molar-refractivity contribution in [3.8, 4) is 5.75 Å². The van der Waals surface area contributed by atoms with Crippen molar-refractivity contribution in [3.63, 3.8) is 0 Å². The molecule has 6 N–H and O–H groups in total. The Kier molecular flexibility index (Phi) is 13.5. The van der Waals surface area contributed by atoms with Gasteiger partial charge >= 0.3 is 6.03 Å². The Hall–Kier alpha value is -3.15. The Morgan fingerprint density at radius 1 is 1.22 bits per heavy atom. The number of primary amides is 1. The molecule has 3 aromatic rings. The van der Waals surface area contributed by atoms with Gasteiger partial charge in [0.1, 0.15) is 5.75 Å². The van der Waals surface area contributed by atoms with Gasteiger partial charge in [-0.25, -0.2) is 9.78 Å². The number of phenolic OH excluding ortho intramolecular Hbond substituents is 1. The Bertz CT molecular complexity index is 1150. The van der Waals surface area contributed by atoms with Crippen LogP contribution in [0.15, 0.2) is 65.6 Å². The standard InChI is InChI=1S/C12H16N2S.C10H10N2OS.C4H8N2OS/c1-9-5-3-6-10(2)11(9)14-12-13-7-4-8-15-12;1-7-2-3-8(9(13)6-7)12-10-11-4-5-14-10;1-2-3-8-6-4(5)7/h3,5-6H,4,7-8H2,1-2H3,(H,13,14);2-6,13H,1H3,(H,11,12);2H,1,3H2,(H3,5,6,7). The number of thioether (sulfide) groups is 1. The number of carbonyl (C=O) groups is 1. The fourth-order valence-corrected chi connectivity index (χ4v) is 4.68. The molecular weight excluding hydrogens is 525 g/mol. The lowest BCUT2D eigenvalue weighted by molar-refractivity contribution is 0.254. The van der Waals surface area contributed by atoms with E-state index in [1.54, 1.807) is 18.3 Å². The molecule has 1 aliphatic heterocycles. The SMILES string of the molecule is C=CCSNC(N)=O.Cc1ccc(Nc2nccs2)c(O)c1.Cc1cccc(C)c1NC1=NCCCS1. The number of nitrogens with two attached hydrogens (primary N) is 1.